The number of ketones is 1. The van der Waals surface area contributed by atoms with Gasteiger partial charge < -0.3 is 9.79 Å². The third-order valence-electron chi connectivity index (χ3n) is 3.68. The van der Waals surface area contributed by atoms with Gasteiger partial charge in [-0.15, -0.1) is 0 Å². The first-order valence-corrected chi connectivity index (χ1v) is 9.21. The summed E-state index contributed by atoms with van der Waals surface area (Å²) in [6.45, 7) is 6.01. The molecule has 1 unspecified atom stereocenters. The summed E-state index contributed by atoms with van der Waals surface area (Å²) >= 11 is 0. The fourth-order valence-electron chi connectivity index (χ4n) is 2.56. The van der Waals surface area contributed by atoms with Gasteiger partial charge in [-0.05, 0) is 19.3 Å². The topological polar surface area (TPSA) is 93.1 Å². The smallest absolute Gasteiger partial charge is 0.337 e. The molecule has 0 spiro atoms. The third kappa shape index (κ3) is 6.16. The molecule has 1 amide bonds. The molecule has 0 saturated carbocycles. The lowest BCUT2D eigenvalue weighted by atomic mass is 10.1. The molecule has 1 rings (SSSR count). The Bertz CT molecular complexity index is 441. The highest BCUT2D eigenvalue weighted by atomic mass is 31.2. The van der Waals surface area contributed by atoms with Crippen molar-refractivity contribution in [1.82, 2.24) is 4.90 Å². The number of hydrogen-bond donors (Lipinski definition) is 1. The molecule has 0 aromatic carbocycles. The summed E-state index contributed by atoms with van der Waals surface area (Å²) in [7, 11) is -4.05. The molecule has 3 atom stereocenters. The zero-order chi connectivity index (χ0) is 16.8. The summed E-state index contributed by atoms with van der Waals surface area (Å²) in [5, 5.41) is 0. The maximum Gasteiger partial charge on any atom is 0.472 e. The van der Waals surface area contributed by atoms with Crippen molar-refractivity contribution in [2.45, 2.75) is 52.5 Å². The van der Waals surface area contributed by atoms with Crippen molar-refractivity contribution < 1.29 is 28.1 Å². The van der Waals surface area contributed by atoms with E-state index in [1.807, 2.05) is 6.92 Å². The molecule has 7 nitrogen and oxygen atoms in total. The van der Waals surface area contributed by atoms with Gasteiger partial charge in [0.1, 0.15) is 5.78 Å². The molecule has 22 heavy (non-hydrogen) atoms. The first-order chi connectivity index (χ1) is 10.3. The van der Waals surface area contributed by atoms with Crippen molar-refractivity contribution in [1.29, 1.82) is 0 Å². The Kier molecular flexibility index (Phi) is 7.69. The molecular formula is C14H26NO6P. The van der Waals surface area contributed by atoms with E-state index in [1.54, 1.807) is 18.7 Å². The van der Waals surface area contributed by atoms with Crippen molar-refractivity contribution >= 4 is 19.5 Å². The van der Waals surface area contributed by atoms with Crippen LogP contribution in [0, 0.1) is 5.92 Å². The number of likely N-dealkylation sites (tertiary alicyclic amines) is 1. The van der Waals surface area contributed by atoms with E-state index in [-0.39, 0.29) is 43.8 Å². The summed E-state index contributed by atoms with van der Waals surface area (Å²) in [6, 6.07) is -0.250. The second-order valence-corrected chi connectivity index (χ2v) is 7.07. The summed E-state index contributed by atoms with van der Waals surface area (Å²) in [5.41, 5.74) is 0. The Balaban J connectivity index is 2.55. The Hall–Kier alpha value is -0.750. The molecule has 1 saturated heterocycles. The molecule has 1 aliphatic heterocycles. The van der Waals surface area contributed by atoms with Crippen LogP contribution in [0.15, 0.2) is 0 Å². The van der Waals surface area contributed by atoms with Crippen molar-refractivity contribution in [3.63, 3.8) is 0 Å². The molecule has 0 aromatic heterocycles. The lowest BCUT2D eigenvalue weighted by Crippen LogP contribution is -2.38. The van der Waals surface area contributed by atoms with Crippen LogP contribution in [0.3, 0.4) is 0 Å². The lowest BCUT2D eigenvalue weighted by molar-refractivity contribution is -0.134. The van der Waals surface area contributed by atoms with Crippen molar-refractivity contribution in [2.24, 2.45) is 5.92 Å². The quantitative estimate of drug-likeness (QED) is 0.512. The number of Topliss-reactive ketones (excluding diaryl/α,β-unsaturated/α-hetero) is 1. The van der Waals surface area contributed by atoms with Crippen LogP contribution in [0.25, 0.3) is 0 Å². The number of phosphoric acid groups is 1. The summed E-state index contributed by atoms with van der Waals surface area (Å²) < 4.78 is 21.1. The van der Waals surface area contributed by atoms with Gasteiger partial charge in [0.05, 0.1) is 19.3 Å². The Labute approximate surface area is 131 Å². The van der Waals surface area contributed by atoms with Crippen molar-refractivity contribution in [3.8, 4) is 0 Å². The Morgan fingerprint density at radius 2 is 2.05 bits per heavy atom. The van der Waals surface area contributed by atoms with Crippen LogP contribution >= 0.6 is 7.82 Å². The average molecular weight is 337 g/mol. The highest BCUT2D eigenvalue weighted by molar-refractivity contribution is 7.47. The molecular weight excluding hydrogens is 311 g/mol. The van der Waals surface area contributed by atoms with E-state index in [1.165, 1.54) is 0 Å². The maximum atomic E-state index is 12.2. The molecule has 0 aliphatic carbocycles. The second-order valence-electron chi connectivity index (χ2n) is 5.62. The lowest BCUT2D eigenvalue weighted by Gasteiger charge is -2.25. The number of rotatable bonds is 9. The van der Waals surface area contributed by atoms with Gasteiger partial charge in [-0.25, -0.2) is 4.57 Å². The molecule has 1 aliphatic rings. The number of carbonyl (C=O) groups excluding carboxylic acids is 2. The van der Waals surface area contributed by atoms with Gasteiger partial charge in [-0.1, -0.05) is 13.8 Å². The minimum absolute atomic E-state index is 0.0361. The fraction of sp³-hybridized carbons (Fsp3) is 0.857. The van der Waals surface area contributed by atoms with E-state index in [2.05, 4.69) is 4.52 Å². The second kappa shape index (κ2) is 8.77. The van der Waals surface area contributed by atoms with Crippen LogP contribution < -0.4 is 0 Å². The predicted molar refractivity (Wildman–Crippen MR) is 81.2 cm³/mol. The summed E-state index contributed by atoms with van der Waals surface area (Å²) in [5.74, 6) is 0.248. The SMILES string of the molecule is CCOP(=O)(O)OC[C@@H]1C[C@@H](C)CN1C(=O)CCC(=[18O])CC. The molecule has 1 heterocycles. The first-order valence-electron chi connectivity index (χ1n) is 7.72. The normalized spacial score (nSPS) is 24.3. The van der Waals surface area contributed by atoms with Crippen LogP contribution in [-0.4, -0.2) is 47.3 Å². The van der Waals surface area contributed by atoms with Gasteiger partial charge in [0, 0.05) is 25.8 Å². The predicted octanol–water partition coefficient (Wildman–Crippen LogP) is 2.14. The van der Waals surface area contributed by atoms with Crippen LogP contribution in [0.5, 0.6) is 0 Å². The monoisotopic (exact) mass is 337 g/mol. The molecule has 0 aromatic rings. The van der Waals surface area contributed by atoms with E-state index in [0.29, 0.717) is 25.3 Å². The van der Waals surface area contributed by atoms with E-state index in [9.17, 15) is 19.0 Å². The van der Waals surface area contributed by atoms with Gasteiger partial charge in [0.15, 0.2) is 0 Å². The first kappa shape index (κ1) is 19.3. The van der Waals surface area contributed by atoms with Gasteiger partial charge in [-0.3, -0.25) is 18.6 Å². The number of amides is 1. The zero-order valence-corrected chi connectivity index (χ0v) is 14.4. The average Bonchev–Trinajstić information content (AvgIpc) is 2.83. The molecule has 0 bridgehead atoms. The summed E-state index contributed by atoms with van der Waals surface area (Å²) in [4.78, 5) is 34.6. The van der Waals surface area contributed by atoms with Crippen molar-refractivity contribution in [3.05, 3.63) is 0 Å². The summed E-state index contributed by atoms with van der Waals surface area (Å²) in [6.07, 6.45) is 1.56. The molecule has 1 N–H and O–H groups in total. The Morgan fingerprint density at radius 3 is 2.64 bits per heavy atom. The highest BCUT2D eigenvalue weighted by Crippen LogP contribution is 2.43. The molecule has 1 fully saturated rings. The van der Waals surface area contributed by atoms with Crippen molar-refractivity contribution in [2.75, 3.05) is 19.8 Å². The van der Waals surface area contributed by atoms with Crippen LogP contribution in [0.4, 0.5) is 0 Å². The van der Waals surface area contributed by atoms with E-state index in [0.717, 1.165) is 0 Å². The fourth-order valence-corrected chi connectivity index (χ4v) is 3.32. The third-order valence-corrected chi connectivity index (χ3v) is 4.74. The number of hydrogen-bond acceptors (Lipinski definition) is 5. The molecule has 8 heteroatoms. The highest BCUT2D eigenvalue weighted by Gasteiger charge is 2.35. The van der Waals surface area contributed by atoms with Gasteiger partial charge in [0.2, 0.25) is 5.91 Å². The van der Waals surface area contributed by atoms with Gasteiger partial charge in [-0.2, -0.15) is 0 Å². The van der Waals surface area contributed by atoms with Crippen LogP contribution in [0.2, 0.25) is 0 Å². The number of carbonyl (C=O) groups is 2. The van der Waals surface area contributed by atoms with Crippen LogP contribution in [0.1, 0.15) is 46.5 Å². The minimum atomic E-state index is -4.05. The zero-order valence-electron chi connectivity index (χ0n) is 13.5. The van der Waals surface area contributed by atoms with E-state index < -0.39 is 7.82 Å². The Morgan fingerprint density at radius 1 is 1.36 bits per heavy atom. The maximum absolute atomic E-state index is 12.2. The van der Waals surface area contributed by atoms with E-state index in [4.69, 9.17) is 4.52 Å². The van der Waals surface area contributed by atoms with E-state index >= 15 is 0 Å². The van der Waals surface area contributed by atoms with Gasteiger partial charge in [0.25, 0.3) is 0 Å². The minimum Gasteiger partial charge on any atom is -0.337 e. The number of phosphoric ester groups is 1. The largest absolute Gasteiger partial charge is 0.472 e. The molecule has 0 radical (unpaired) electrons. The molecule has 128 valence electrons. The number of nitrogens with zero attached hydrogens (tertiary/aromatic N) is 1. The standard InChI is InChI=1S/C14H26NO6P/c1-4-13(16)6-7-14(17)15-9-11(3)8-12(15)10-21-22(18,19)20-5-2/h11-12H,4-10H2,1-3H3,(H,18,19)/t11-,12+/m1/s1/i16+2. The van der Waals surface area contributed by atoms with Crippen LogP contribution in [-0.2, 0) is 23.2 Å². The van der Waals surface area contributed by atoms with Gasteiger partial charge >= 0.3 is 7.82 Å².